The topological polar surface area (TPSA) is 95.6 Å². The number of hydrogen-bond donors (Lipinski definition) is 2. The van der Waals surface area contributed by atoms with Crippen molar-refractivity contribution in [2.75, 3.05) is 19.4 Å². The van der Waals surface area contributed by atoms with E-state index in [0.717, 1.165) is 9.87 Å². The van der Waals surface area contributed by atoms with Gasteiger partial charge in [-0.2, -0.15) is 0 Å². The molecule has 0 aliphatic heterocycles. The highest BCUT2D eigenvalue weighted by Gasteiger charge is 2.17. The molecule has 0 aliphatic carbocycles. The maximum Gasteiger partial charge on any atom is 0.313 e. The van der Waals surface area contributed by atoms with E-state index in [0.29, 0.717) is 17.2 Å². The van der Waals surface area contributed by atoms with Gasteiger partial charge in [-0.3, -0.25) is 9.59 Å². The van der Waals surface area contributed by atoms with Gasteiger partial charge in [0.2, 0.25) is 10.0 Å². The van der Waals surface area contributed by atoms with Crippen LogP contribution < -0.4 is 10.6 Å². The Labute approximate surface area is 165 Å². The molecule has 0 unspecified atom stereocenters. The second kappa shape index (κ2) is 8.99. The second-order valence-electron chi connectivity index (χ2n) is 6.84. The highest BCUT2D eigenvalue weighted by atomic mass is 32.2. The zero-order chi connectivity index (χ0) is 20.9. The van der Waals surface area contributed by atoms with Crippen molar-refractivity contribution in [3.63, 3.8) is 0 Å². The zero-order valence-corrected chi connectivity index (χ0v) is 17.2. The monoisotopic (exact) mass is 403 g/mol. The standard InChI is InChI=1S/C20H25N3O4S/c1-14(2)16-7-9-17(10-8-16)22-20(25)19(24)21-13-15-5-11-18(12-6-15)28(26,27)23(3)4/h5-12,14H,13H2,1-4H3,(H,21,24)(H,22,25). The Morgan fingerprint density at radius 3 is 2.00 bits per heavy atom. The molecule has 0 radical (unpaired) electrons. The molecule has 8 heteroatoms. The molecule has 0 fully saturated rings. The summed E-state index contributed by atoms with van der Waals surface area (Å²) in [7, 11) is -0.586. The minimum absolute atomic E-state index is 0.112. The number of amides is 2. The van der Waals surface area contributed by atoms with Gasteiger partial charge in [0, 0.05) is 26.3 Å². The Hall–Kier alpha value is -2.71. The number of carbonyl (C=O) groups is 2. The molecule has 0 saturated heterocycles. The van der Waals surface area contributed by atoms with Gasteiger partial charge < -0.3 is 10.6 Å². The van der Waals surface area contributed by atoms with Gasteiger partial charge in [-0.15, -0.1) is 0 Å². The quantitative estimate of drug-likeness (QED) is 0.724. The van der Waals surface area contributed by atoms with E-state index in [1.165, 1.54) is 26.2 Å². The molecule has 2 aromatic rings. The minimum Gasteiger partial charge on any atom is -0.344 e. The normalized spacial score (nSPS) is 11.5. The fraction of sp³-hybridized carbons (Fsp3) is 0.300. The largest absolute Gasteiger partial charge is 0.344 e. The highest BCUT2D eigenvalue weighted by molar-refractivity contribution is 7.89. The lowest BCUT2D eigenvalue weighted by Crippen LogP contribution is -2.34. The van der Waals surface area contributed by atoms with Crippen LogP contribution in [0.2, 0.25) is 0 Å². The first-order chi connectivity index (χ1) is 13.1. The van der Waals surface area contributed by atoms with E-state index in [-0.39, 0.29) is 11.4 Å². The van der Waals surface area contributed by atoms with Crippen molar-refractivity contribution in [3.8, 4) is 0 Å². The summed E-state index contributed by atoms with van der Waals surface area (Å²) in [6.45, 7) is 4.26. The first-order valence-electron chi connectivity index (χ1n) is 8.82. The maximum absolute atomic E-state index is 12.0. The van der Waals surface area contributed by atoms with E-state index in [9.17, 15) is 18.0 Å². The van der Waals surface area contributed by atoms with Gasteiger partial charge in [-0.05, 0) is 41.3 Å². The van der Waals surface area contributed by atoms with E-state index in [1.807, 2.05) is 12.1 Å². The molecule has 2 rings (SSSR count). The summed E-state index contributed by atoms with van der Waals surface area (Å²) in [6.07, 6.45) is 0. The summed E-state index contributed by atoms with van der Waals surface area (Å²) in [5.41, 5.74) is 2.37. The van der Waals surface area contributed by atoms with Crippen LogP contribution in [0.25, 0.3) is 0 Å². The molecule has 2 N–H and O–H groups in total. The SMILES string of the molecule is CC(C)c1ccc(NC(=O)C(=O)NCc2ccc(S(=O)(=O)N(C)C)cc2)cc1. The molecule has 150 valence electrons. The summed E-state index contributed by atoms with van der Waals surface area (Å²) in [5.74, 6) is -1.14. The van der Waals surface area contributed by atoms with E-state index in [4.69, 9.17) is 0 Å². The molecule has 28 heavy (non-hydrogen) atoms. The van der Waals surface area contributed by atoms with Crippen LogP contribution >= 0.6 is 0 Å². The molecular weight excluding hydrogens is 378 g/mol. The Balaban J connectivity index is 1.91. The van der Waals surface area contributed by atoms with Gasteiger partial charge in [0.25, 0.3) is 0 Å². The third-order valence-corrected chi connectivity index (χ3v) is 6.03. The summed E-state index contributed by atoms with van der Waals surface area (Å²) in [5, 5.41) is 5.07. The third-order valence-electron chi connectivity index (χ3n) is 4.20. The zero-order valence-electron chi connectivity index (χ0n) is 16.4. The molecule has 0 bridgehead atoms. The first kappa shape index (κ1) is 21.6. The van der Waals surface area contributed by atoms with Crippen molar-refractivity contribution in [1.82, 2.24) is 9.62 Å². The molecule has 0 spiro atoms. The van der Waals surface area contributed by atoms with Crippen LogP contribution in [0.4, 0.5) is 5.69 Å². The molecule has 2 aromatic carbocycles. The molecule has 0 atom stereocenters. The first-order valence-corrected chi connectivity index (χ1v) is 10.3. The average molecular weight is 404 g/mol. The molecular formula is C20H25N3O4S. The van der Waals surface area contributed by atoms with Crippen molar-refractivity contribution in [1.29, 1.82) is 0 Å². The predicted molar refractivity (Wildman–Crippen MR) is 108 cm³/mol. The number of nitrogens with zero attached hydrogens (tertiary/aromatic N) is 1. The smallest absolute Gasteiger partial charge is 0.313 e. The Bertz CT molecular complexity index is 934. The van der Waals surface area contributed by atoms with Gasteiger partial charge in [0.1, 0.15) is 0 Å². The molecule has 0 saturated carbocycles. The average Bonchev–Trinajstić information content (AvgIpc) is 2.66. The van der Waals surface area contributed by atoms with Crippen molar-refractivity contribution in [2.24, 2.45) is 0 Å². The van der Waals surface area contributed by atoms with E-state index in [2.05, 4.69) is 24.5 Å². The van der Waals surface area contributed by atoms with Crippen molar-refractivity contribution >= 4 is 27.5 Å². The number of anilines is 1. The second-order valence-corrected chi connectivity index (χ2v) is 9.00. The van der Waals surface area contributed by atoms with Gasteiger partial charge in [0.05, 0.1) is 4.90 Å². The number of hydrogen-bond acceptors (Lipinski definition) is 4. The third kappa shape index (κ3) is 5.40. The van der Waals surface area contributed by atoms with Gasteiger partial charge in [0.15, 0.2) is 0 Å². The lowest BCUT2D eigenvalue weighted by atomic mass is 10.0. The Morgan fingerprint density at radius 2 is 1.50 bits per heavy atom. The van der Waals surface area contributed by atoms with E-state index in [1.54, 1.807) is 24.3 Å². The highest BCUT2D eigenvalue weighted by Crippen LogP contribution is 2.17. The number of carbonyl (C=O) groups excluding carboxylic acids is 2. The van der Waals surface area contributed by atoms with Gasteiger partial charge >= 0.3 is 11.8 Å². The van der Waals surface area contributed by atoms with Crippen LogP contribution in [0.1, 0.15) is 30.9 Å². The van der Waals surface area contributed by atoms with Gasteiger partial charge in [-0.25, -0.2) is 12.7 Å². The Morgan fingerprint density at radius 1 is 0.929 bits per heavy atom. The summed E-state index contributed by atoms with van der Waals surface area (Å²) in [4.78, 5) is 24.2. The fourth-order valence-electron chi connectivity index (χ4n) is 2.39. The maximum atomic E-state index is 12.0. The van der Waals surface area contributed by atoms with Crippen LogP contribution in [-0.2, 0) is 26.2 Å². The minimum atomic E-state index is -3.50. The molecule has 2 amide bonds. The van der Waals surface area contributed by atoms with Gasteiger partial charge in [-0.1, -0.05) is 38.1 Å². The number of sulfonamides is 1. The number of rotatable bonds is 6. The predicted octanol–water partition coefficient (Wildman–Crippen LogP) is 2.32. The van der Waals surface area contributed by atoms with Crippen LogP contribution in [0.15, 0.2) is 53.4 Å². The molecule has 0 aromatic heterocycles. The summed E-state index contributed by atoms with van der Waals surface area (Å²) in [6, 6.07) is 13.4. The number of benzene rings is 2. The van der Waals surface area contributed by atoms with Crippen LogP contribution in [0, 0.1) is 0 Å². The fourth-order valence-corrected chi connectivity index (χ4v) is 3.29. The molecule has 7 nitrogen and oxygen atoms in total. The van der Waals surface area contributed by atoms with Crippen LogP contribution in [-0.4, -0.2) is 38.6 Å². The molecule has 0 heterocycles. The summed E-state index contributed by atoms with van der Waals surface area (Å²) >= 11 is 0. The lowest BCUT2D eigenvalue weighted by molar-refractivity contribution is -0.136. The summed E-state index contributed by atoms with van der Waals surface area (Å²) < 4.78 is 25.2. The molecule has 0 aliphatic rings. The van der Waals surface area contributed by atoms with E-state index >= 15 is 0 Å². The Kier molecular flexibility index (Phi) is 6.93. The van der Waals surface area contributed by atoms with Crippen molar-refractivity contribution in [3.05, 3.63) is 59.7 Å². The van der Waals surface area contributed by atoms with Crippen molar-refractivity contribution < 1.29 is 18.0 Å². The van der Waals surface area contributed by atoms with Crippen LogP contribution in [0.5, 0.6) is 0 Å². The van der Waals surface area contributed by atoms with E-state index < -0.39 is 21.8 Å². The van der Waals surface area contributed by atoms with Crippen molar-refractivity contribution in [2.45, 2.75) is 31.2 Å². The lowest BCUT2D eigenvalue weighted by Gasteiger charge is -2.12. The number of nitrogens with one attached hydrogen (secondary N) is 2. The van der Waals surface area contributed by atoms with Crippen LogP contribution in [0.3, 0.4) is 0 Å².